The summed E-state index contributed by atoms with van der Waals surface area (Å²) in [5.41, 5.74) is 0.411. The minimum Gasteiger partial charge on any atom is -0.444 e. The summed E-state index contributed by atoms with van der Waals surface area (Å²) >= 11 is 15.0. The summed E-state index contributed by atoms with van der Waals surface area (Å²) in [6.07, 6.45) is 2.14. The van der Waals surface area contributed by atoms with Crippen molar-refractivity contribution < 1.29 is 13.9 Å². The van der Waals surface area contributed by atoms with Crippen molar-refractivity contribution in [3.8, 4) is 0 Å². The van der Waals surface area contributed by atoms with Crippen LogP contribution in [0.1, 0.15) is 44.7 Å². The van der Waals surface area contributed by atoms with Crippen LogP contribution in [0.25, 0.3) is 0 Å². The lowest BCUT2D eigenvalue weighted by atomic mass is 10.2. The van der Waals surface area contributed by atoms with Crippen molar-refractivity contribution in [3.63, 3.8) is 0 Å². The second kappa shape index (κ2) is 10.6. The molecule has 2 aromatic rings. The average Bonchev–Trinajstić information content (AvgIpc) is 3.07. The molecule has 1 heterocycles. The lowest BCUT2D eigenvalue weighted by Gasteiger charge is -2.22. The van der Waals surface area contributed by atoms with E-state index in [2.05, 4.69) is 15.5 Å². The molecule has 0 saturated carbocycles. The number of hydrogen-bond acceptors (Lipinski definition) is 7. The highest BCUT2D eigenvalue weighted by Gasteiger charge is 2.24. The number of carbonyl (C=O) groups excluding carboxylic acids is 1. The molecule has 0 aliphatic carbocycles. The highest BCUT2D eigenvalue weighted by atomic mass is 35.5. The smallest absolute Gasteiger partial charge is 0.408 e. The van der Waals surface area contributed by atoms with Gasteiger partial charge in [0.15, 0.2) is 0 Å². The molecule has 1 aromatic heterocycles. The summed E-state index contributed by atoms with van der Waals surface area (Å²) < 4.78 is 11.1. The van der Waals surface area contributed by atoms with Crippen molar-refractivity contribution in [2.45, 2.75) is 49.8 Å². The quantitative estimate of drug-likeness (QED) is 0.481. The van der Waals surface area contributed by atoms with Crippen LogP contribution in [0, 0.1) is 0 Å². The van der Waals surface area contributed by atoms with Gasteiger partial charge in [-0.15, -0.1) is 10.2 Å². The van der Waals surface area contributed by atoms with Crippen LogP contribution in [0.4, 0.5) is 4.79 Å². The maximum atomic E-state index is 12.1. The summed E-state index contributed by atoms with van der Waals surface area (Å²) in [6, 6.07) is 5.04. The molecule has 2 rings (SSSR count). The van der Waals surface area contributed by atoms with Crippen LogP contribution < -0.4 is 5.32 Å². The van der Waals surface area contributed by atoms with E-state index in [-0.39, 0.29) is 0 Å². The second-order valence-electron chi connectivity index (χ2n) is 6.92. The number of rotatable bonds is 8. The van der Waals surface area contributed by atoms with E-state index in [0.29, 0.717) is 33.3 Å². The third-order valence-corrected chi connectivity index (χ3v) is 5.64. The lowest BCUT2D eigenvalue weighted by molar-refractivity contribution is 0.0493. The summed E-state index contributed by atoms with van der Waals surface area (Å²) in [7, 11) is 0. The first-order valence-electron chi connectivity index (χ1n) is 8.56. The number of carbonyl (C=O) groups is 1. The predicted molar refractivity (Wildman–Crippen MR) is 115 cm³/mol. The molecule has 0 aliphatic rings. The first kappa shape index (κ1) is 23.2. The molecule has 0 aliphatic heterocycles. The molecule has 1 amide bonds. The van der Waals surface area contributed by atoms with E-state index in [4.69, 9.17) is 32.4 Å². The Hall–Kier alpha value is -1.09. The number of ether oxygens (including phenoxy) is 1. The third-order valence-electron chi connectivity index (χ3n) is 3.37. The first-order chi connectivity index (χ1) is 13.2. The molecule has 10 heteroatoms. The summed E-state index contributed by atoms with van der Waals surface area (Å²) in [5.74, 6) is 1.79. The van der Waals surface area contributed by atoms with Gasteiger partial charge in [0.05, 0.1) is 10.0 Å². The maximum absolute atomic E-state index is 12.1. The van der Waals surface area contributed by atoms with Gasteiger partial charge in [-0.05, 0) is 56.9 Å². The molecule has 0 fully saturated rings. The highest BCUT2D eigenvalue weighted by Crippen LogP contribution is 2.28. The Morgan fingerprint density at radius 3 is 2.68 bits per heavy atom. The molecule has 0 unspecified atom stereocenters. The Morgan fingerprint density at radius 2 is 2.04 bits per heavy atom. The van der Waals surface area contributed by atoms with E-state index in [9.17, 15) is 4.79 Å². The van der Waals surface area contributed by atoms with Crippen LogP contribution in [0.3, 0.4) is 0 Å². The zero-order chi connectivity index (χ0) is 20.7. The molecule has 0 spiro atoms. The van der Waals surface area contributed by atoms with Gasteiger partial charge in [-0.25, -0.2) is 4.79 Å². The van der Waals surface area contributed by atoms with Crippen LogP contribution in [-0.2, 0) is 10.5 Å². The Labute approximate surface area is 183 Å². The van der Waals surface area contributed by atoms with Gasteiger partial charge in [0.25, 0.3) is 5.22 Å². The monoisotopic (exact) mass is 463 g/mol. The van der Waals surface area contributed by atoms with Gasteiger partial charge in [0.2, 0.25) is 5.89 Å². The topological polar surface area (TPSA) is 77.2 Å². The molecule has 28 heavy (non-hydrogen) atoms. The number of nitrogens with one attached hydrogen (secondary N) is 1. The Balaban J connectivity index is 2.01. The van der Waals surface area contributed by atoms with Gasteiger partial charge < -0.3 is 14.5 Å². The van der Waals surface area contributed by atoms with Gasteiger partial charge in [0.1, 0.15) is 11.6 Å². The van der Waals surface area contributed by atoms with Crippen LogP contribution in [-0.4, -0.2) is 33.9 Å². The van der Waals surface area contributed by atoms with Crippen LogP contribution in [0.15, 0.2) is 27.8 Å². The van der Waals surface area contributed by atoms with Crippen molar-refractivity contribution in [1.29, 1.82) is 0 Å². The number of nitrogens with zero attached hydrogens (tertiary/aromatic N) is 2. The first-order valence-corrected chi connectivity index (χ1v) is 11.7. The fourth-order valence-electron chi connectivity index (χ4n) is 2.14. The van der Waals surface area contributed by atoms with E-state index in [1.165, 1.54) is 11.8 Å². The van der Waals surface area contributed by atoms with Crippen molar-refractivity contribution in [3.05, 3.63) is 39.7 Å². The molecule has 1 aromatic carbocycles. The van der Waals surface area contributed by atoms with E-state index in [1.807, 2.05) is 33.1 Å². The molecule has 0 saturated heterocycles. The van der Waals surface area contributed by atoms with Crippen LogP contribution >= 0.6 is 46.7 Å². The van der Waals surface area contributed by atoms with Gasteiger partial charge in [-0.2, -0.15) is 11.8 Å². The average molecular weight is 464 g/mol. The number of benzene rings is 1. The molecule has 0 bridgehead atoms. The largest absolute Gasteiger partial charge is 0.444 e. The van der Waals surface area contributed by atoms with E-state index in [0.717, 1.165) is 11.3 Å². The lowest BCUT2D eigenvalue weighted by Crippen LogP contribution is -2.35. The van der Waals surface area contributed by atoms with E-state index >= 15 is 0 Å². The summed E-state index contributed by atoms with van der Waals surface area (Å²) in [4.78, 5) is 12.1. The van der Waals surface area contributed by atoms with Gasteiger partial charge in [0, 0.05) is 5.75 Å². The van der Waals surface area contributed by atoms with Crippen molar-refractivity contribution in [2.24, 2.45) is 0 Å². The number of amides is 1. The number of halogens is 2. The SMILES string of the molecule is CSCC[C@H](NC(=O)OC(C)(C)C)c1nnc(SCc2ccc(Cl)c(Cl)c2)o1. The summed E-state index contributed by atoms with van der Waals surface area (Å²) in [5, 5.41) is 12.4. The highest BCUT2D eigenvalue weighted by molar-refractivity contribution is 7.98. The van der Waals surface area contributed by atoms with Crippen molar-refractivity contribution in [1.82, 2.24) is 15.5 Å². The summed E-state index contributed by atoms with van der Waals surface area (Å²) in [6.45, 7) is 5.44. The molecule has 1 atom stereocenters. The van der Waals surface area contributed by atoms with Crippen LogP contribution in [0.2, 0.25) is 10.0 Å². The molecular weight excluding hydrogens is 441 g/mol. The standard InChI is InChI=1S/C18H23Cl2N3O3S2/c1-18(2,3)26-16(24)21-14(7-8-27-4)15-22-23-17(25-15)28-10-11-5-6-12(19)13(20)9-11/h5-6,9,14H,7-8,10H2,1-4H3,(H,21,24)/t14-/m0/s1. The molecule has 6 nitrogen and oxygen atoms in total. The van der Waals surface area contributed by atoms with Crippen molar-refractivity contribution in [2.75, 3.05) is 12.0 Å². The normalized spacial score (nSPS) is 12.6. The molecule has 0 radical (unpaired) electrons. The van der Waals surface area contributed by atoms with Gasteiger partial charge in [-0.1, -0.05) is 41.0 Å². The van der Waals surface area contributed by atoms with E-state index < -0.39 is 17.7 Å². The zero-order valence-electron chi connectivity index (χ0n) is 16.1. The minimum atomic E-state index is -0.580. The number of alkyl carbamates (subject to hydrolysis) is 1. The van der Waals surface area contributed by atoms with E-state index in [1.54, 1.807) is 23.9 Å². The predicted octanol–water partition coefficient (Wildman–Crippen LogP) is 5.99. The fourth-order valence-corrected chi connectivity index (χ4v) is 3.64. The molecule has 1 N–H and O–H groups in total. The van der Waals surface area contributed by atoms with Gasteiger partial charge >= 0.3 is 6.09 Å². The Kier molecular flexibility index (Phi) is 8.80. The Morgan fingerprint density at radius 1 is 1.29 bits per heavy atom. The van der Waals surface area contributed by atoms with Gasteiger partial charge in [-0.3, -0.25) is 0 Å². The number of hydrogen-bond donors (Lipinski definition) is 1. The molecular formula is C18H23Cl2N3O3S2. The second-order valence-corrected chi connectivity index (χ2v) is 9.65. The minimum absolute atomic E-state index is 0.358. The van der Waals surface area contributed by atoms with Crippen molar-refractivity contribution >= 4 is 52.8 Å². The fraction of sp³-hybridized carbons (Fsp3) is 0.500. The zero-order valence-corrected chi connectivity index (χ0v) is 19.3. The number of thioether (sulfide) groups is 2. The third kappa shape index (κ3) is 7.73. The maximum Gasteiger partial charge on any atom is 0.408 e. The Bertz CT molecular complexity index is 797. The molecule has 154 valence electrons. The number of aromatic nitrogens is 2. The van der Waals surface area contributed by atoms with Crippen LogP contribution in [0.5, 0.6) is 0 Å².